The maximum absolute atomic E-state index is 11.8. The molecule has 0 aliphatic carbocycles. The molecule has 0 radical (unpaired) electrons. The van der Waals surface area contributed by atoms with E-state index in [1.54, 1.807) is 0 Å². The number of Topliss-reactive ketones (excluding diaryl/α,β-unsaturated/α-hetero) is 1. The molecular formula is C18H18OSe. The number of carbonyl (C=O) groups excluding carboxylic acids is 1. The van der Waals surface area contributed by atoms with E-state index in [2.05, 4.69) is 36.4 Å². The van der Waals surface area contributed by atoms with Crippen molar-refractivity contribution in [2.24, 2.45) is 0 Å². The second-order valence-electron chi connectivity index (χ2n) is 4.49. The van der Waals surface area contributed by atoms with Gasteiger partial charge in [-0.3, -0.25) is 0 Å². The average molecular weight is 329 g/mol. The van der Waals surface area contributed by atoms with E-state index < -0.39 is 0 Å². The second kappa shape index (κ2) is 8.52. The molecule has 0 saturated heterocycles. The van der Waals surface area contributed by atoms with Crippen molar-refractivity contribution in [1.82, 2.24) is 0 Å². The number of carbonyl (C=O) groups is 1. The Morgan fingerprint density at radius 1 is 0.950 bits per heavy atom. The summed E-state index contributed by atoms with van der Waals surface area (Å²) in [5.74, 6) is 0.367. The van der Waals surface area contributed by atoms with Crippen molar-refractivity contribution in [3.63, 3.8) is 0 Å². The zero-order chi connectivity index (χ0) is 14.0. The Bertz CT molecular complexity index is 546. The van der Waals surface area contributed by atoms with Crippen LogP contribution in [-0.2, 0) is 4.79 Å². The van der Waals surface area contributed by atoms with E-state index in [0.717, 1.165) is 6.42 Å². The van der Waals surface area contributed by atoms with Crippen LogP contribution in [-0.4, -0.2) is 20.7 Å². The van der Waals surface area contributed by atoms with Gasteiger partial charge in [-0.2, -0.15) is 0 Å². The summed E-state index contributed by atoms with van der Waals surface area (Å²) in [6.07, 6.45) is 5.65. The van der Waals surface area contributed by atoms with Crippen molar-refractivity contribution in [1.29, 1.82) is 0 Å². The van der Waals surface area contributed by atoms with E-state index >= 15 is 0 Å². The van der Waals surface area contributed by atoms with Crippen LogP contribution < -0.4 is 4.46 Å². The van der Waals surface area contributed by atoms with Crippen molar-refractivity contribution in [2.75, 3.05) is 0 Å². The number of ketones is 1. The molecule has 0 aliphatic rings. The van der Waals surface area contributed by atoms with Crippen LogP contribution in [0.3, 0.4) is 0 Å². The summed E-state index contributed by atoms with van der Waals surface area (Å²) < 4.78 is 1.30. The zero-order valence-electron chi connectivity index (χ0n) is 11.4. The van der Waals surface area contributed by atoms with E-state index in [4.69, 9.17) is 0 Å². The van der Waals surface area contributed by atoms with Gasteiger partial charge in [-0.15, -0.1) is 0 Å². The molecule has 20 heavy (non-hydrogen) atoms. The summed E-state index contributed by atoms with van der Waals surface area (Å²) in [5, 5.41) is 0.705. The summed E-state index contributed by atoms with van der Waals surface area (Å²) >= 11 is 0.279. The Hall–Kier alpha value is -1.63. The molecule has 0 heterocycles. The van der Waals surface area contributed by atoms with Crippen LogP contribution in [0.2, 0.25) is 5.32 Å². The molecule has 0 aromatic heterocycles. The topological polar surface area (TPSA) is 17.1 Å². The summed E-state index contributed by atoms with van der Waals surface area (Å²) in [4.78, 5) is 11.8. The van der Waals surface area contributed by atoms with E-state index in [0.29, 0.717) is 17.5 Å². The van der Waals surface area contributed by atoms with Crippen LogP contribution in [0.1, 0.15) is 18.4 Å². The van der Waals surface area contributed by atoms with Crippen molar-refractivity contribution < 1.29 is 4.79 Å². The molecule has 0 bridgehead atoms. The van der Waals surface area contributed by atoms with Crippen molar-refractivity contribution >= 4 is 31.3 Å². The van der Waals surface area contributed by atoms with Gasteiger partial charge in [0.25, 0.3) is 0 Å². The molecule has 2 aromatic carbocycles. The third-order valence-corrected chi connectivity index (χ3v) is 5.09. The Balaban J connectivity index is 1.67. The van der Waals surface area contributed by atoms with Gasteiger partial charge < -0.3 is 0 Å². The molecule has 1 nitrogen and oxygen atoms in total. The molecular weight excluding hydrogens is 311 g/mol. The van der Waals surface area contributed by atoms with Gasteiger partial charge in [-0.05, 0) is 0 Å². The van der Waals surface area contributed by atoms with Crippen molar-refractivity contribution in [3.05, 3.63) is 72.3 Å². The summed E-state index contributed by atoms with van der Waals surface area (Å²) in [6.45, 7) is 0. The number of allylic oxidation sites excluding steroid dienone is 1. The van der Waals surface area contributed by atoms with Gasteiger partial charge >= 0.3 is 127 Å². The molecule has 0 spiro atoms. The van der Waals surface area contributed by atoms with Crippen molar-refractivity contribution in [2.45, 2.75) is 18.2 Å². The quantitative estimate of drug-likeness (QED) is 0.711. The SMILES string of the molecule is O=C(CC/C=C/c1ccccc1)C[Se]c1ccccc1. The standard InChI is InChI=1S/C18H18OSe/c19-17(15-20-18-13-5-2-6-14-18)12-8-7-11-16-9-3-1-4-10-16/h1-7,9-11,13-14H,8,12,15H2/b11-7+. The molecule has 0 saturated carbocycles. The fourth-order valence-corrected chi connectivity index (χ4v) is 3.50. The summed E-state index contributed by atoms with van der Waals surface area (Å²) in [6, 6.07) is 20.5. The number of hydrogen-bond acceptors (Lipinski definition) is 1. The van der Waals surface area contributed by atoms with E-state index in [9.17, 15) is 4.79 Å². The van der Waals surface area contributed by atoms with E-state index in [1.807, 2.05) is 36.4 Å². The third-order valence-electron chi connectivity index (χ3n) is 2.84. The van der Waals surface area contributed by atoms with Gasteiger partial charge in [-0.25, -0.2) is 0 Å². The predicted octanol–water partition coefficient (Wildman–Crippen LogP) is 3.50. The first-order chi connectivity index (χ1) is 9.84. The summed E-state index contributed by atoms with van der Waals surface area (Å²) in [7, 11) is 0. The molecule has 2 aromatic rings. The Kier molecular flexibility index (Phi) is 6.29. The van der Waals surface area contributed by atoms with E-state index in [-0.39, 0.29) is 15.0 Å². The molecule has 0 aliphatic heterocycles. The monoisotopic (exact) mass is 330 g/mol. The third kappa shape index (κ3) is 5.56. The minimum atomic E-state index is 0.279. The molecule has 102 valence electrons. The first-order valence-corrected chi connectivity index (χ1v) is 8.82. The minimum absolute atomic E-state index is 0.279. The Labute approximate surface area is 126 Å². The number of benzene rings is 2. The fourth-order valence-electron chi connectivity index (χ4n) is 1.78. The molecule has 0 unspecified atom stereocenters. The first kappa shape index (κ1) is 14.8. The summed E-state index contributed by atoms with van der Waals surface area (Å²) in [5.41, 5.74) is 1.19. The van der Waals surface area contributed by atoms with Crippen LogP contribution >= 0.6 is 0 Å². The zero-order valence-corrected chi connectivity index (χ0v) is 13.1. The normalized spacial score (nSPS) is 10.8. The van der Waals surface area contributed by atoms with Crippen LogP contribution in [0.5, 0.6) is 0 Å². The molecule has 0 N–H and O–H groups in total. The van der Waals surface area contributed by atoms with Crippen LogP contribution in [0.4, 0.5) is 0 Å². The van der Waals surface area contributed by atoms with Crippen LogP contribution in [0.25, 0.3) is 6.08 Å². The van der Waals surface area contributed by atoms with Gasteiger partial charge in [0.2, 0.25) is 0 Å². The van der Waals surface area contributed by atoms with Gasteiger partial charge in [-0.1, -0.05) is 0 Å². The number of hydrogen-bond donors (Lipinski definition) is 0. The maximum atomic E-state index is 11.8. The molecule has 2 heteroatoms. The first-order valence-electron chi connectivity index (χ1n) is 6.76. The number of rotatable bonds is 7. The van der Waals surface area contributed by atoms with Gasteiger partial charge in [0.1, 0.15) is 0 Å². The average Bonchev–Trinajstić information content (AvgIpc) is 2.52. The van der Waals surface area contributed by atoms with Crippen LogP contribution in [0, 0.1) is 0 Å². The Morgan fingerprint density at radius 2 is 1.60 bits per heavy atom. The van der Waals surface area contributed by atoms with Crippen LogP contribution in [0.15, 0.2) is 66.7 Å². The van der Waals surface area contributed by atoms with Gasteiger partial charge in [0.05, 0.1) is 0 Å². The Morgan fingerprint density at radius 3 is 2.30 bits per heavy atom. The van der Waals surface area contributed by atoms with E-state index in [1.165, 1.54) is 10.0 Å². The van der Waals surface area contributed by atoms with Crippen molar-refractivity contribution in [3.8, 4) is 0 Å². The molecule has 0 amide bonds. The second-order valence-corrected chi connectivity index (χ2v) is 6.69. The molecule has 2 rings (SSSR count). The fraction of sp³-hybridized carbons (Fsp3) is 0.167. The van der Waals surface area contributed by atoms with Gasteiger partial charge in [0.15, 0.2) is 0 Å². The molecule has 0 fully saturated rings. The van der Waals surface area contributed by atoms with Gasteiger partial charge in [0, 0.05) is 0 Å². The molecule has 0 atom stereocenters. The predicted molar refractivity (Wildman–Crippen MR) is 86.4 cm³/mol.